The molecule has 2 N–H and O–H groups in total. The Morgan fingerprint density at radius 1 is 1.08 bits per heavy atom. The van der Waals surface area contributed by atoms with Crippen LogP contribution in [-0.4, -0.2) is 25.7 Å². The van der Waals surface area contributed by atoms with Crippen molar-refractivity contribution in [3.63, 3.8) is 0 Å². The molecule has 2 amide bonds. The second-order valence-electron chi connectivity index (χ2n) is 5.96. The molecular formula is C19H22FN3O. The number of nitrogens with one attached hydrogen (secondary N) is 2. The lowest BCUT2D eigenvalue weighted by Gasteiger charge is -2.19. The van der Waals surface area contributed by atoms with Gasteiger partial charge in [0.25, 0.3) is 0 Å². The van der Waals surface area contributed by atoms with Gasteiger partial charge in [0.15, 0.2) is 0 Å². The Bertz CT molecular complexity index is 687. The van der Waals surface area contributed by atoms with Crippen LogP contribution in [-0.2, 0) is 13.0 Å². The van der Waals surface area contributed by atoms with E-state index in [2.05, 4.69) is 39.8 Å². The second kappa shape index (κ2) is 7.81. The number of hydrogen-bond donors (Lipinski definition) is 2. The Kier molecular flexibility index (Phi) is 5.31. The summed E-state index contributed by atoms with van der Waals surface area (Å²) in [5.41, 5.74) is 3.60. The van der Waals surface area contributed by atoms with Crippen molar-refractivity contribution >= 4 is 11.7 Å². The third-order valence-corrected chi connectivity index (χ3v) is 4.24. The maximum Gasteiger partial charge on any atom is 0.315 e. The predicted octanol–water partition coefficient (Wildman–Crippen LogP) is 3.08. The smallest absolute Gasteiger partial charge is 0.315 e. The highest BCUT2D eigenvalue weighted by Gasteiger charge is 2.17. The summed E-state index contributed by atoms with van der Waals surface area (Å²) in [6.45, 7) is 3.02. The van der Waals surface area contributed by atoms with Crippen molar-refractivity contribution in [1.82, 2.24) is 10.6 Å². The Hall–Kier alpha value is -2.56. The molecular weight excluding hydrogens is 305 g/mol. The number of benzene rings is 2. The third-order valence-electron chi connectivity index (χ3n) is 4.24. The van der Waals surface area contributed by atoms with Crippen molar-refractivity contribution in [2.75, 3.05) is 24.5 Å². The number of fused-ring (bicyclic) bond motifs is 1. The zero-order chi connectivity index (χ0) is 16.8. The molecule has 0 saturated heterocycles. The number of para-hydroxylation sites is 1. The standard InChI is InChI=1S/C19H22FN3O/c20-17-8-6-15(7-9-17)14-22-19(24)21-11-3-12-23-13-10-16-4-1-2-5-18(16)23/h1-2,4-9H,3,10-14H2,(H2,21,22,24). The summed E-state index contributed by atoms with van der Waals surface area (Å²) in [5, 5.41) is 5.64. The molecule has 24 heavy (non-hydrogen) atoms. The monoisotopic (exact) mass is 327 g/mol. The highest BCUT2D eigenvalue weighted by atomic mass is 19.1. The van der Waals surface area contributed by atoms with Gasteiger partial charge >= 0.3 is 6.03 Å². The van der Waals surface area contributed by atoms with Gasteiger partial charge in [-0.3, -0.25) is 0 Å². The van der Waals surface area contributed by atoms with Gasteiger partial charge in [-0.25, -0.2) is 9.18 Å². The number of anilines is 1. The summed E-state index contributed by atoms with van der Waals surface area (Å²) in [6.07, 6.45) is 2.00. The fraction of sp³-hybridized carbons (Fsp3) is 0.316. The molecule has 0 atom stereocenters. The van der Waals surface area contributed by atoms with Crippen molar-refractivity contribution in [3.05, 3.63) is 65.5 Å². The van der Waals surface area contributed by atoms with Crippen molar-refractivity contribution < 1.29 is 9.18 Å². The van der Waals surface area contributed by atoms with Crippen LogP contribution in [0.5, 0.6) is 0 Å². The average molecular weight is 327 g/mol. The fourth-order valence-corrected chi connectivity index (χ4v) is 2.96. The zero-order valence-corrected chi connectivity index (χ0v) is 13.6. The molecule has 3 rings (SSSR count). The van der Waals surface area contributed by atoms with E-state index in [4.69, 9.17) is 0 Å². The van der Waals surface area contributed by atoms with Crippen molar-refractivity contribution in [1.29, 1.82) is 0 Å². The molecule has 126 valence electrons. The maximum atomic E-state index is 12.8. The molecule has 0 saturated carbocycles. The van der Waals surface area contributed by atoms with Gasteiger partial charge < -0.3 is 15.5 Å². The van der Waals surface area contributed by atoms with Gasteiger partial charge in [-0.1, -0.05) is 30.3 Å². The first-order valence-electron chi connectivity index (χ1n) is 8.31. The fourth-order valence-electron chi connectivity index (χ4n) is 2.96. The minimum Gasteiger partial charge on any atom is -0.371 e. The Labute approximate surface area is 141 Å². The quantitative estimate of drug-likeness (QED) is 0.801. The summed E-state index contributed by atoms with van der Waals surface area (Å²) in [7, 11) is 0. The normalized spacial score (nSPS) is 12.8. The van der Waals surface area contributed by atoms with Gasteiger partial charge in [0.05, 0.1) is 0 Å². The minimum absolute atomic E-state index is 0.193. The molecule has 4 nitrogen and oxygen atoms in total. The number of urea groups is 1. The first-order valence-corrected chi connectivity index (χ1v) is 8.31. The van der Waals surface area contributed by atoms with E-state index in [-0.39, 0.29) is 11.8 Å². The van der Waals surface area contributed by atoms with E-state index in [9.17, 15) is 9.18 Å². The van der Waals surface area contributed by atoms with E-state index in [1.54, 1.807) is 12.1 Å². The van der Waals surface area contributed by atoms with Crippen LogP contribution in [0.15, 0.2) is 48.5 Å². The van der Waals surface area contributed by atoms with Gasteiger partial charge in [0, 0.05) is 31.9 Å². The Balaban J connectivity index is 1.33. The van der Waals surface area contributed by atoms with Crippen molar-refractivity contribution in [2.24, 2.45) is 0 Å². The maximum absolute atomic E-state index is 12.8. The summed E-state index contributed by atoms with van der Waals surface area (Å²) in [4.78, 5) is 14.1. The van der Waals surface area contributed by atoms with E-state index in [0.29, 0.717) is 13.1 Å². The van der Waals surface area contributed by atoms with Crippen LogP contribution in [0, 0.1) is 5.82 Å². The summed E-state index contributed by atoms with van der Waals surface area (Å²) in [5.74, 6) is -0.272. The molecule has 0 bridgehead atoms. The average Bonchev–Trinajstić information content (AvgIpc) is 3.01. The van der Waals surface area contributed by atoms with Crippen LogP contribution in [0.3, 0.4) is 0 Å². The summed E-state index contributed by atoms with van der Waals surface area (Å²) >= 11 is 0. The van der Waals surface area contributed by atoms with E-state index in [0.717, 1.165) is 31.5 Å². The second-order valence-corrected chi connectivity index (χ2v) is 5.96. The molecule has 2 aromatic rings. The van der Waals surface area contributed by atoms with Crippen molar-refractivity contribution in [3.8, 4) is 0 Å². The van der Waals surface area contributed by atoms with Crippen LogP contribution in [0.1, 0.15) is 17.5 Å². The van der Waals surface area contributed by atoms with E-state index < -0.39 is 0 Å². The molecule has 1 heterocycles. The number of carbonyl (C=O) groups is 1. The first-order chi connectivity index (χ1) is 11.7. The highest BCUT2D eigenvalue weighted by molar-refractivity contribution is 5.73. The molecule has 1 aliphatic heterocycles. The molecule has 0 fully saturated rings. The SMILES string of the molecule is O=C(NCCCN1CCc2ccccc21)NCc1ccc(F)cc1. The molecule has 2 aromatic carbocycles. The molecule has 1 aliphatic rings. The molecule has 0 aromatic heterocycles. The Morgan fingerprint density at radius 3 is 2.71 bits per heavy atom. The van der Waals surface area contributed by atoms with Gasteiger partial charge in [-0.15, -0.1) is 0 Å². The van der Waals surface area contributed by atoms with Gasteiger partial charge in [0.2, 0.25) is 0 Å². The number of hydrogen-bond acceptors (Lipinski definition) is 2. The summed E-state index contributed by atoms with van der Waals surface area (Å²) in [6, 6.07) is 14.4. The molecule has 0 radical (unpaired) electrons. The number of nitrogens with zero attached hydrogens (tertiary/aromatic N) is 1. The van der Waals surface area contributed by atoms with Gasteiger partial charge in [-0.2, -0.15) is 0 Å². The largest absolute Gasteiger partial charge is 0.371 e. The molecule has 5 heteroatoms. The first kappa shape index (κ1) is 16.3. The number of rotatable bonds is 6. The van der Waals surface area contributed by atoms with E-state index >= 15 is 0 Å². The number of carbonyl (C=O) groups excluding carboxylic acids is 1. The van der Waals surface area contributed by atoms with Gasteiger partial charge in [0.1, 0.15) is 5.82 Å². The minimum atomic E-state index is -0.272. The van der Waals surface area contributed by atoms with Crippen LogP contribution in [0.25, 0.3) is 0 Å². The highest BCUT2D eigenvalue weighted by Crippen LogP contribution is 2.27. The third kappa shape index (κ3) is 4.25. The van der Waals surface area contributed by atoms with Crippen LogP contribution < -0.4 is 15.5 Å². The van der Waals surface area contributed by atoms with Crippen molar-refractivity contribution in [2.45, 2.75) is 19.4 Å². The molecule has 0 aliphatic carbocycles. The van der Waals surface area contributed by atoms with Crippen LogP contribution in [0.2, 0.25) is 0 Å². The lowest BCUT2D eigenvalue weighted by molar-refractivity contribution is 0.240. The molecule has 0 unspecified atom stereocenters. The van der Waals surface area contributed by atoms with Gasteiger partial charge in [-0.05, 0) is 42.2 Å². The topological polar surface area (TPSA) is 44.4 Å². The number of halogens is 1. The zero-order valence-electron chi connectivity index (χ0n) is 13.6. The van der Waals surface area contributed by atoms with Crippen LogP contribution in [0.4, 0.5) is 14.9 Å². The predicted molar refractivity (Wildman–Crippen MR) is 93.6 cm³/mol. The lowest BCUT2D eigenvalue weighted by Crippen LogP contribution is -2.36. The Morgan fingerprint density at radius 2 is 1.88 bits per heavy atom. The molecule has 0 spiro atoms. The van der Waals surface area contributed by atoms with E-state index in [1.165, 1.54) is 23.4 Å². The van der Waals surface area contributed by atoms with E-state index in [1.807, 2.05) is 0 Å². The summed E-state index contributed by atoms with van der Waals surface area (Å²) < 4.78 is 12.8. The lowest BCUT2D eigenvalue weighted by atomic mass is 10.2. The van der Waals surface area contributed by atoms with Crippen LogP contribution >= 0.6 is 0 Å². The number of amides is 2.